The molecule has 1 heterocycles. The molecule has 0 saturated heterocycles. The topological polar surface area (TPSA) is 51.5 Å². The zero-order valence-electron chi connectivity index (χ0n) is 19.9. The van der Waals surface area contributed by atoms with E-state index in [9.17, 15) is 22.8 Å². The number of benzene rings is 2. The third-order valence-electron chi connectivity index (χ3n) is 6.41. The number of halogens is 4. The molecule has 0 unspecified atom stereocenters. The molecule has 5 nitrogen and oxygen atoms in total. The molecule has 0 N–H and O–H groups in total. The Hall–Kier alpha value is -3.26. The molecule has 0 atom stereocenters. The van der Waals surface area contributed by atoms with E-state index in [-0.39, 0.29) is 23.0 Å². The molecule has 2 aromatic carbocycles. The van der Waals surface area contributed by atoms with Gasteiger partial charge in [-0.3, -0.25) is 4.79 Å². The Kier molecular flexibility index (Phi) is 7.45. The largest absolute Gasteiger partial charge is 0.465 e. The van der Waals surface area contributed by atoms with E-state index in [4.69, 9.17) is 16.3 Å². The van der Waals surface area contributed by atoms with Crippen molar-refractivity contribution < 1.29 is 22.7 Å². The van der Waals surface area contributed by atoms with Crippen LogP contribution in [0.25, 0.3) is 0 Å². The summed E-state index contributed by atoms with van der Waals surface area (Å²) in [5.74, 6) is -0.153. The summed E-state index contributed by atoms with van der Waals surface area (Å²) in [6, 6.07) is 13.8. The first-order chi connectivity index (χ1) is 17.1. The van der Waals surface area contributed by atoms with Crippen molar-refractivity contribution in [2.45, 2.75) is 44.4 Å². The highest BCUT2D eigenvalue weighted by Crippen LogP contribution is 2.42. The van der Waals surface area contributed by atoms with Crippen molar-refractivity contribution >= 4 is 23.3 Å². The van der Waals surface area contributed by atoms with E-state index in [2.05, 4.69) is 0 Å². The van der Waals surface area contributed by atoms with Gasteiger partial charge in [0, 0.05) is 25.0 Å². The lowest BCUT2D eigenvalue weighted by molar-refractivity contribution is -0.137. The minimum atomic E-state index is -4.44. The number of anilines is 1. The molecule has 0 aliphatic heterocycles. The Balaban J connectivity index is 1.64. The van der Waals surface area contributed by atoms with E-state index in [1.807, 2.05) is 0 Å². The maximum atomic E-state index is 13.2. The molecular weight excluding hydrogens is 493 g/mol. The number of alkyl halides is 3. The molecule has 3 aromatic rings. The van der Waals surface area contributed by atoms with Crippen LogP contribution in [0.1, 0.15) is 51.5 Å². The van der Waals surface area contributed by atoms with E-state index in [1.54, 1.807) is 52.9 Å². The van der Waals surface area contributed by atoms with Crippen LogP contribution in [0.3, 0.4) is 0 Å². The number of methoxy groups -OCH3 is 1. The van der Waals surface area contributed by atoms with Crippen molar-refractivity contribution in [2.24, 2.45) is 0 Å². The summed E-state index contributed by atoms with van der Waals surface area (Å²) >= 11 is 6.32. The van der Waals surface area contributed by atoms with Gasteiger partial charge in [0.25, 0.3) is 5.56 Å². The minimum absolute atomic E-state index is 0.128. The van der Waals surface area contributed by atoms with Crippen LogP contribution in [0.15, 0.2) is 59.4 Å². The maximum absolute atomic E-state index is 13.2. The van der Waals surface area contributed by atoms with Gasteiger partial charge < -0.3 is 14.2 Å². The van der Waals surface area contributed by atoms with Gasteiger partial charge in [0.15, 0.2) is 0 Å². The highest BCUT2D eigenvalue weighted by Gasteiger charge is 2.32. The fourth-order valence-corrected chi connectivity index (χ4v) is 4.47. The van der Waals surface area contributed by atoms with Crippen molar-refractivity contribution in [2.75, 3.05) is 19.1 Å². The van der Waals surface area contributed by atoms with E-state index in [0.29, 0.717) is 24.2 Å². The number of nitrogens with zero attached hydrogens (tertiary/aromatic N) is 2. The van der Waals surface area contributed by atoms with Gasteiger partial charge in [-0.2, -0.15) is 13.2 Å². The molecule has 190 valence electrons. The Labute approximate surface area is 212 Å². The Morgan fingerprint density at radius 3 is 2.44 bits per heavy atom. The highest BCUT2D eigenvalue weighted by atomic mass is 35.5. The zero-order valence-corrected chi connectivity index (χ0v) is 20.7. The van der Waals surface area contributed by atoms with E-state index < -0.39 is 17.7 Å². The molecule has 9 heteroatoms. The number of rotatable bonds is 8. The van der Waals surface area contributed by atoms with E-state index in [1.165, 1.54) is 13.2 Å². The van der Waals surface area contributed by atoms with Crippen molar-refractivity contribution in [3.05, 3.63) is 97.9 Å². The summed E-state index contributed by atoms with van der Waals surface area (Å²) in [6.07, 6.45) is -1.98. The van der Waals surface area contributed by atoms with E-state index in [0.717, 1.165) is 41.8 Å². The summed E-state index contributed by atoms with van der Waals surface area (Å²) in [6.45, 7) is 0.587. The quantitative estimate of drug-likeness (QED) is 0.340. The molecule has 4 rings (SSSR count). The molecule has 0 amide bonds. The van der Waals surface area contributed by atoms with Gasteiger partial charge in [-0.15, -0.1) is 0 Å². The van der Waals surface area contributed by atoms with Gasteiger partial charge in [-0.1, -0.05) is 29.8 Å². The van der Waals surface area contributed by atoms with Gasteiger partial charge in [-0.05, 0) is 72.7 Å². The Morgan fingerprint density at radius 2 is 1.83 bits per heavy atom. The van der Waals surface area contributed by atoms with Crippen molar-refractivity contribution in [1.82, 2.24) is 4.57 Å². The normalized spacial score (nSPS) is 13.5. The molecule has 1 aromatic heterocycles. The number of hydrogen-bond acceptors (Lipinski definition) is 4. The number of aryl methyl sites for hydroxylation is 1. The predicted octanol–water partition coefficient (Wildman–Crippen LogP) is 6.06. The summed E-state index contributed by atoms with van der Waals surface area (Å²) < 4.78 is 46.1. The molecule has 0 bridgehead atoms. The second-order valence-corrected chi connectivity index (χ2v) is 9.38. The third kappa shape index (κ3) is 5.75. The molecular formula is C27H26ClF3N2O3. The molecule has 1 aliphatic rings. The number of esters is 1. The summed E-state index contributed by atoms with van der Waals surface area (Å²) in [5.41, 5.74) is 2.40. The highest BCUT2D eigenvalue weighted by molar-refractivity contribution is 6.30. The van der Waals surface area contributed by atoms with Crippen molar-refractivity contribution in [3.8, 4) is 0 Å². The van der Waals surface area contributed by atoms with Crippen LogP contribution in [-0.2, 0) is 30.4 Å². The smallest absolute Gasteiger partial charge is 0.416 e. The zero-order chi connectivity index (χ0) is 26.0. The summed E-state index contributed by atoms with van der Waals surface area (Å²) in [7, 11) is 3.03. The van der Waals surface area contributed by atoms with Crippen LogP contribution >= 0.6 is 11.6 Å². The van der Waals surface area contributed by atoms with Crippen LogP contribution in [-0.4, -0.2) is 24.7 Å². The first kappa shape index (κ1) is 25.8. The average molecular weight is 519 g/mol. The van der Waals surface area contributed by atoms with Crippen LogP contribution in [0.4, 0.5) is 18.9 Å². The van der Waals surface area contributed by atoms with Gasteiger partial charge in [-0.25, -0.2) is 4.79 Å². The average Bonchev–Trinajstić information content (AvgIpc) is 3.70. The third-order valence-corrected chi connectivity index (χ3v) is 6.68. The fourth-order valence-electron chi connectivity index (χ4n) is 4.25. The van der Waals surface area contributed by atoms with Gasteiger partial charge in [0.2, 0.25) is 0 Å². The number of carbonyl (C=O) groups is 1. The lowest BCUT2D eigenvalue weighted by atomic mass is 10.1. The van der Waals surface area contributed by atoms with Gasteiger partial charge in [0.05, 0.1) is 24.8 Å². The molecule has 1 fully saturated rings. The fraction of sp³-hybridized carbons (Fsp3) is 0.333. The lowest BCUT2D eigenvalue weighted by Gasteiger charge is -2.25. The maximum Gasteiger partial charge on any atom is 0.416 e. The van der Waals surface area contributed by atoms with Gasteiger partial charge in [0.1, 0.15) is 5.02 Å². The lowest BCUT2D eigenvalue weighted by Crippen LogP contribution is -2.30. The monoisotopic (exact) mass is 518 g/mol. The second kappa shape index (κ2) is 10.4. The van der Waals surface area contributed by atoms with Crippen LogP contribution < -0.4 is 10.5 Å². The first-order valence-corrected chi connectivity index (χ1v) is 11.9. The minimum Gasteiger partial charge on any atom is -0.465 e. The SMILES string of the molecule is COC(=O)c1ccc(CCn2c(CN(C)c3cccc(C(F)(F)F)c3)c(C3CC3)cc(Cl)c2=O)cc1. The summed E-state index contributed by atoms with van der Waals surface area (Å²) in [4.78, 5) is 26.5. The van der Waals surface area contributed by atoms with Crippen LogP contribution in [0, 0.1) is 0 Å². The second-order valence-electron chi connectivity index (χ2n) is 8.97. The van der Waals surface area contributed by atoms with Crippen LogP contribution in [0.5, 0.6) is 0 Å². The Bertz CT molecular complexity index is 1320. The number of carbonyl (C=O) groups excluding carboxylic acids is 1. The molecule has 0 radical (unpaired) electrons. The first-order valence-electron chi connectivity index (χ1n) is 11.6. The summed E-state index contributed by atoms with van der Waals surface area (Å²) in [5, 5.41) is 0.128. The number of hydrogen-bond donors (Lipinski definition) is 0. The molecule has 1 aliphatic carbocycles. The van der Waals surface area contributed by atoms with Crippen molar-refractivity contribution in [1.29, 1.82) is 0 Å². The number of pyridine rings is 1. The predicted molar refractivity (Wildman–Crippen MR) is 133 cm³/mol. The number of ether oxygens (including phenoxy) is 1. The van der Waals surface area contributed by atoms with E-state index >= 15 is 0 Å². The van der Waals surface area contributed by atoms with Crippen LogP contribution in [0.2, 0.25) is 5.02 Å². The number of aromatic nitrogens is 1. The standard InChI is InChI=1S/C27H26ClF3N2O3/c1-32(21-5-3-4-20(14-21)27(29,30)31)16-24-22(18-10-11-18)15-23(28)25(34)33(24)13-12-17-6-8-19(9-7-17)26(35)36-2/h3-9,14-15,18H,10-13,16H2,1-2H3. The molecule has 1 saturated carbocycles. The Morgan fingerprint density at radius 1 is 1.14 bits per heavy atom. The molecule has 36 heavy (non-hydrogen) atoms. The van der Waals surface area contributed by atoms with Gasteiger partial charge >= 0.3 is 12.1 Å². The molecule has 0 spiro atoms. The van der Waals surface area contributed by atoms with Crippen molar-refractivity contribution in [3.63, 3.8) is 0 Å².